The molecule has 3 N–H and O–H groups in total. The second kappa shape index (κ2) is 5.48. The second-order valence-electron chi connectivity index (χ2n) is 5.64. The van der Waals surface area contributed by atoms with Crippen LogP contribution in [0.3, 0.4) is 0 Å². The number of H-pyrrole nitrogens is 2. The molecule has 0 bridgehead atoms. The zero-order valence-electron chi connectivity index (χ0n) is 11.7. The molecule has 104 valence electrons. The van der Waals surface area contributed by atoms with Crippen LogP contribution in [0.5, 0.6) is 5.75 Å². The van der Waals surface area contributed by atoms with E-state index in [1.165, 1.54) is 0 Å². The van der Waals surface area contributed by atoms with E-state index in [0.29, 0.717) is 12.4 Å². The molecule has 2 rings (SSSR count). The minimum atomic E-state index is -0.208. The Morgan fingerprint density at radius 2 is 2.05 bits per heavy atom. The van der Waals surface area contributed by atoms with Crippen molar-refractivity contribution in [1.82, 2.24) is 15.3 Å². The lowest BCUT2D eigenvalue weighted by atomic mass is 10.1. The van der Waals surface area contributed by atoms with Crippen molar-refractivity contribution in [2.75, 3.05) is 13.2 Å². The minimum absolute atomic E-state index is 0.131. The summed E-state index contributed by atoms with van der Waals surface area (Å²) in [4.78, 5) is 16.7. The molecule has 5 nitrogen and oxygen atoms in total. The standard InChI is InChI=1S/C14H21N3O2/c1-14(2,3)15-8-5-9-19-11-7-4-6-10-12(11)17-13(18)16-10/h4,6-7,15H,5,8-9H2,1-3H3,(H2,16,17,18). The maximum absolute atomic E-state index is 11.3. The summed E-state index contributed by atoms with van der Waals surface area (Å²) in [6.07, 6.45) is 0.919. The van der Waals surface area contributed by atoms with Crippen molar-refractivity contribution in [1.29, 1.82) is 0 Å². The highest BCUT2D eigenvalue weighted by Crippen LogP contribution is 2.20. The van der Waals surface area contributed by atoms with Gasteiger partial charge in [-0.05, 0) is 45.9 Å². The molecule has 1 aromatic heterocycles. The molecular weight excluding hydrogens is 242 g/mol. The molecule has 1 aromatic carbocycles. The predicted octanol–water partition coefficient (Wildman–Crippen LogP) is 2.01. The van der Waals surface area contributed by atoms with Gasteiger partial charge in [-0.3, -0.25) is 0 Å². The maximum atomic E-state index is 11.3. The lowest BCUT2D eigenvalue weighted by Gasteiger charge is -2.20. The van der Waals surface area contributed by atoms with Crippen molar-refractivity contribution < 1.29 is 4.74 Å². The summed E-state index contributed by atoms with van der Waals surface area (Å²) in [6, 6.07) is 5.58. The number of aromatic nitrogens is 2. The molecule has 1 heterocycles. The highest BCUT2D eigenvalue weighted by molar-refractivity contribution is 5.80. The molecule has 0 amide bonds. The van der Waals surface area contributed by atoms with Crippen LogP contribution >= 0.6 is 0 Å². The summed E-state index contributed by atoms with van der Waals surface area (Å²) in [5.74, 6) is 0.714. The van der Waals surface area contributed by atoms with E-state index in [2.05, 4.69) is 36.1 Å². The van der Waals surface area contributed by atoms with Gasteiger partial charge in [0, 0.05) is 5.54 Å². The molecule has 0 saturated carbocycles. The van der Waals surface area contributed by atoms with Gasteiger partial charge in [-0.25, -0.2) is 4.79 Å². The molecular formula is C14H21N3O2. The third-order valence-electron chi connectivity index (χ3n) is 2.75. The van der Waals surface area contributed by atoms with Crippen LogP contribution in [-0.4, -0.2) is 28.7 Å². The Morgan fingerprint density at radius 1 is 1.26 bits per heavy atom. The summed E-state index contributed by atoms with van der Waals surface area (Å²) in [7, 11) is 0. The first kappa shape index (κ1) is 13.7. The molecule has 0 radical (unpaired) electrons. The number of hydrogen-bond donors (Lipinski definition) is 3. The first-order valence-corrected chi connectivity index (χ1v) is 6.54. The van der Waals surface area contributed by atoms with Gasteiger partial charge in [-0.15, -0.1) is 0 Å². The van der Waals surface area contributed by atoms with Crippen molar-refractivity contribution in [3.8, 4) is 5.75 Å². The normalized spacial score (nSPS) is 11.9. The van der Waals surface area contributed by atoms with Gasteiger partial charge in [0.1, 0.15) is 11.3 Å². The third kappa shape index (κ3) is 3.86. The van der Waals surface area contributed by atoms with Crippen LogP contribution in [0.25, 0.3) is 11.0 Å². The number of ether oxygens (including phenoxy) is 1. The highest BCUT2D eigenvalue weighted by atomic mass is 16.5. The fourth-order valence-electron chi connectivity index (χ4n) is 1.87. The van der Waals surface area contributed by atoms with Gasteiger partial charge in [0.05, 0.1) is 12.1 Å². The van der Waals surface area contributed by atoms with Gasteiger partial charge in [0.2, 0.25) is 0 Å². The van der Waals surface area contributed by atoms with E-state index in [9.17, 15) is 4.79 Å². The smallest absolute Gasteiger partial charge is 0.323 e. The SMILES string of the molecule is CC(C)(C)NCCCOc1cccc2[nH]c(=O)[nH]c12. The number of benzene rings is 1. The van der Waals surface area contributed by atoms with Gasteiger partial charge in [0.15, 0.2) is 0 Å². The molecule has 0 saturated heterocycles. The Kier molecular flexibility index (Phi) is 3.95. The topological polar surface area (TPSA) is 69.9 Å². The van der Waals surface area contributed by atoms with Gasteiger partial charge < -0.3 is 20.0 Å². The molecule has 0 aliphatic heterocycles. The van der Waals surface area contributed by atoms with E-state index < -0.39 is 0 Å². The molecule has 2 aromatic rings. The number of fused-ring (bicyclic) bond motifs is 1. The summed E-state index contributed by atoms with van der Waals surface area (Å²) >= 11 is 0. The summed E-state index contributed by atoms with van der Waals surface area (Å²) < 4.78 is 5.72. The average Bonchev–Trinajstić information content (AvgIpc) is 2.68. The third-order valence-corrected chi connectivity index (χ3v) is 2.75. The lowest BCUT2D eigenvalue weighted by Crippen LogP contribution is -2.36. The first-order valence-electron chi connectivity index (χ1n) is 6.54. The molecule has 0 atom stereocenters. The Hall–Kier alpha value is -1.75. The Morgan fingerprint density at radius 3 is 2.79 bits per heavy atom. The van der Waals surface area contributed by atoms with Crippen LogP contribution in [0, 0.1) is 0 Å². The van der Waals surface area contributed by atoms with E-state index in [0.717, 1.165) is 24.0 Å². The van der Waals surface area contributed by atoms with Gasteiger partial charge in [-0.1, -0.05) is 6.07 Å². The number of para-hydroxylation sites is 1. The zero-order chi connectivity index (χ0) is 13.9. The van der Waals surface area contributed by atoms with Crippen molar-refractivity contribution in [2.45, 2.75) is 32.7 Å². The number of nitrogens with one attached hydrogen (secondary N) is 3. The predicted molar refractivity (Wildman–Crippen MR) is 76.8 cm³/mol. The molecule has 5 heteroatoms. The highest BCUT2D eigenvalue weighted by Gasteiger charge is 2.08. The summed E-state index contributed by atoms with van der Waals surface area (Å²) in [5, 5.41) is 3.41. The van der Waals surface area contributed by atoms with E-state index >= 15 is 0 Å². The number of rotatable bonds is 5. The quantitative estimate of drug-likeness (QED) is 0.723. The molecule has 0 aliphatic carbocycles. The van der Waals surface area contributed by atoms with E-state index in [1.54, 1.807) is 0 Å². The van der Waals surface area contributed by atoms with Crippen LogP contribution in [0.4, 0.5) is 0 Å². The second-order valence-corrected chi connectivity index (χ2v) is 5.64. The number of aromatic amines is 2. The largest absolute Gasteiger partial charge is 0.491 e. The van der Waals surface area contributed by atoms with Crippen molar-refractivity contribution in [2.24, 2.45) is 0 Å². The van der Waals surface area contributed by atoms with Crippen LogP contribution in [0.2, 0.25) is 0 Å². The molecule has 19 heavy (non-hydrogen) atoms. The Labute approximate surface area is 112 Å². The van der Waals surface area contributed by atoms with E-state index in [1.807, 2.05) is 18.2 Å². The van der Waals surface area contributed by atoms with Crippen molar-refractivity contribution >= 4 is 11.0 Å². The number of imidazole rings is 1. The van der Waals surface area contributed by atoms with Gasteiger partial charge in [-0.2, -0.15) is 0 Å². The number of hydrogen-bond acceptors (Lipinski definition) is 3. The van der Waals surface area contributed by atoms with Crippen LogP contribution < -0.4 is 15.7 Å². The van der Waals surface area contributed by atoms with Crippen molar-refractivity contribution in [3.63, 3.8) is 0 Å². The van der Waals surface area contributed by atoms with Crippen LogP contribution in [-0.2, 0) is 0 Å². The van der Waals surface area contributed by atoms with Crippen molar-refractivity contribution in [3.05, 3.63) is 28.7 Å². The van der Waals surface area contributed by atoms with Gasteiger partial charge in [0.25, 0.3) is 0 Å². The fourth-order valence-corrected chi connectivity index (χ4v) is 1.87. The minimum Gasteiger partial charge on any atom is -0.491 e. The van der Waals surface area contributed by atoms with Crippen LogP contribution in [0.1, 0.15) is 27.2 Å². The molecule has 0 fully saturated rings. The molecule has 0 spiro atoms. The summed E-state index contributed by atoms with van der Waals surface area (Å²) in [5.41, 5.74) is 1.43. The van der Waals surface area contributed by atoms with Gasteiger partial charge >= 0.3 is 5.69 Å². The van der Waals surface area contributed by atoms with E-state index in [4.69, 9.17) is 4.74 Å². The van der Waals surface area contributed by atoms with E-state index in [-0.39, 0.29) is 11.2 Å². The fraction of sp³-hybridized carbons (Fsp3) is 0.500. The molecule has 0 unspecified atom stereocenters. The Bertz CT molecular complexity index is 592. The lowest BCUT2D eigenvalue weighted by molar-refractivity contribution is 0.301. The maximum Gasteiger partial charge on any atom is 0.323 e. The van der Waals surface area contributed by atoms with Crippen LogP contribution in [0.15, 0.2) is 23.0 Å². The Balaban J connectivity index is 1.90. The monoisotopic (exact) mass is 263 g/mol. The molecule has 0 aliphatic rings. The zero-order valence-corrected chi connectivity index (χ0v) is 11.7. The average molecular weight is 263 g/mol. The first-order chi connectivity index (χ1) is 8.96. The summed E-state index contributed by atoms with van der Waals surface area (Å²) in [6.45, 7) is 7.94.